The number of rotatable bonds is 4. The maximum absolute atomic E-state index is 13.2. The highest BCUT2D eigenvalue weighted by molar-refractivity contribution is 6.11. The number of nitrogens with one attached hydrogen (secondary N) is 1. The number of phenols is 1. The van der Waals surface area contributed by atoms with Gasteiger partial charge in [0.25, 0.3) is 0 Å². The minimum absolute atomic E-state index is 0. The highest BCUT2D eigenvalue weighted by atomic mass is 16.3. The Bertz CT molecular complexity index is 1050. The van der Waals surface area contributed by atoms with Gasteiger partial charge in [-0.15, -0.1) is 0 Å². The van der Waals surface area contributed by atoms with Gasteiger partial charge in [0.15, 0.2) is 0 Å². The Morgan fingerprint density at radius 1 is 1.10 bits per heavy atom. The number of pyridine rings is 2. The molecule has 2 aromatic heterocycles. The second-order valence-corrected chi connectivity index (χ2v) is 7.01. The zero-order chi connectivity index (χ0) is 20.2. The van der Waals surface area contributed by atoms with E-state index in [9.17, 15) is 9.90 Å². The normalized spacial score (nSPS) is 14.4. The summed E-state index contributed by atoms with van der Waals surface area (Å²) >= 11 is 0. The van der Waals surface area contributed by atoms with Crippen molar-refractivity contribution in [3.8, 4) is 16.9 Å². The summed E-state index contributed by atoms with van der Waals surface area (Å²) in [5, 5.41) is 13.1. The fourth-order valence-corrected chi connectivity index (χ4v) is 3.44. The largest absolute Gasteiger partial charge is 0.508 e. The van der Waals surface area contributed by atoms with Crippen LogP contribution in [-0.2, 0) is 0 Å². The van der Waals surface area contributed by atoms with Crippen LogP contribution in [0.25, 0.3) is 11.1 Å². The summed E-state index contributed by atoms with van der Waals surface area (Å²) in [6.45, 7) is 3.62. The first kappa shape index (κ1) is 18.9. The lowest BCUT2D eigenvalue weighted by molar-refractivity contribution is 0.103. The van der Waals surface area contributed by atoms with Crippen LogP contribution in [-0.4, -0.2) is 47.0 Å². The number of ketones is 1. The van der Waals surface area contributed by atoms with Gasteiger partial charge >= 0.3 is 0 Å². The van der Waals surface area contributed by atoms with Crippen molar-refractivity contribution in [3.63, 3.8) is 0 Å². The summed E-state index contributed by atoms with van der Waals surface area (Å²) in [6, 6.07) is 14.0. The van der Waals surface area contributed by atoms with E-state index in [1.807, 2.05) is 18.2 Å². The van der Waals surface area contributed by atoms with Crippen molar-refractivity contribution < 1.29 is 15.6 Å². The first-order chi connectivity index (χ1) is 14.1. The SMILES string of the molecule is Nc1ncc(-c2cccc(O)c2)cc1C(=O)c1cccc(N2CCCNCC2)n1.[HH].[HH].[HH].[HH]. The van der Waals surface area contributed by atoms with E-state index in [1.165, 1.54) is 0 Å². The molecule has 156 valence electrons. The molecule has 4 N–H and O–H groups in total. The van der Waals surface area contributed by atoms with E-state index in [2.05, 4.69) is 20.2 Å². The van der Waals surface area contributed by atoms with Crippen LogP contribution in [0.15, 0.2) is 54.7 Å². The molecule has 0 amide bonds. The van der Waals surface area contributed by atoms with Gasteiger partial charge < -0.3 is 21.1 Å². The monoisotopic (exact) mass is 397 g/mol. The summed E-state index contributed by atoms with van der Waals surface area (Å²) in [7, 11) is 0. The molecule has 0 aliphatic carbocycles. The van der Waals surface area contributed by atoms with Gasteiger partial charge in [0.05, 0.1) is 5.56 Å². The first-order valence-corrected chi connectivity index (χ1v) is 9.64. The molecule has 1 fully saturated rings. The third kappa shape index (κ3) is 4.20. The molecule has 0 bridgehead atoms. The zero-order valence-electron chi connectivity index (χ0n) is 16.0. The minimum Gasteiger partial charge on any atom is -0.508 e. The van der Waals surface area contributed by atoms with Gasteiger partial charge in [-0.3, -0.25) is 4.79 Å². The zero-order valence-corrected chi connectivity index (χ0v) is 16.0. The maximum Gasteiger partial charge on any atom is 0.215 e. The topological polar surface area (TPSA) is 104 Å². The predicted molar refractivity (Wildman–Crippen MR) is 122 cm³/mol. The highest BCUT2D eigenvalue weighted by Crippen LogP contribution is 2.26. The third-order valence-corrected chi connectivity index (χ3v) is 4.97. The number of anilines is 2. The number of phenolic OH excluding ortho intramolecular Hbond substituents is 1. The summed E-state index contributed by atoms with van der Waals surface area (Å²) in [4.78, 5) is 24.1. The molecule has 3 aromatic rings. The number of aromatic nitrogens is 2. The van der Waals surface area contributed by atoms with Crippen molar-refractivity contribution in [2.75, 3.05) is 36.8 Å². The van der Waals surface area contributed by atoms with Gasteiger partial charge in [0.2, 0.25) is 5.78 Å². The quantitative estimate of drug-likeness (QED) is 0.579. The second-order valence-electron chi connectivity index (χ2n) is 7.01. The Balaban J connectivity index is 0.00000256. The van der Waals surface area contributed by atoms with Crippen LogP contribution >= 0.6 is 0 Å². The van der Waals surface area contributed by atoms with E-state index in [4.69, 9.17) is 5.73 Å². The number of nitrogens with zero attached hydrogens (tertiary/aromatic N) is 3. The Morgan fingerprint density at radius 3 is 2.83 bits per heavy atom. The fraction of sp³-hybridized carbons (Fsp3) is 0.227. The maximum atomic E-state index is 13.2. The van der Waals surface area contributed by atoms with E-state index in [0.29, 0.717) is 16.8 Å². The highest BCUT2D eigenvalue weighted by Gasteiger charge is 2.18. The summed E-state index contributed by atoms with van der Waals surface area (Å²) < 4.78 is 0. The van der Waals surface area contributed by atoms with Crippen LogP contribution in [0.2, 0.25) is 0 Å². The number of benzene rings is 1. The number of aromatic hydroxyl groups is 1. The molecule has 29 heavy (non-hydrogen) atoms. The van der Waals surface area contributed by atoms with Crippen molar-refractivity contribution in [2.45, 2.75) is 6.42 Å². The standard InChI is InChI=1S/C22H23N5O2.4H2/c23-22-18(13-16(14-25-22)15-4-1-5-17(28)12-15)21(29)19-6-2-7-20(26-19)27-10-3-8-24-9-11-27;;;;/h1-2,4-7,12-14,24,28H,3,8-11H2,(H2,23,25);4*1H. The molecule has 0 radical (unpaired) electrons. The Morgan fingerprint density at radius 2 is 1.97 bits per heavy atom. The van der Waals surface area contributed by atoms with Crippen LogP contribution in [0, 0.1) is 0 Å². The van der Waals surface area contributed by atoms with Gasteiger partial charge in [-0.1, -0.05) is 18.2 Å². The van der Waals surface area contributed by atoms with Gasteiger partial charge in [-0.25, -0.2) is 9.97 Å². The van der Waals surface area contributed by atoms with Crippen LogP contribution < -0.4 is 16.0 Å². The summed E-state index contributed by atoms with van der Waals surface area (Å²) in [6.07, 6.45) is 2.62. The Hall–Kier alpha value is -3.45. The van der Waals surface area contributed by atoms with E-state index < -0.39 is 0 Å². The molecule has 0 saturated carbocycles. The van der Waals surface area contributed by atoms with E-state index in [-0.39, 0.29) is 23.1 Å². The minimum atomic E-state index is -0.271. The van der Waals surface area contributed by atoms with Crippen LogP contribution in [0.3, 0.4) is 0 Å². The molecule has 1 aromatic carbocycles. The predicted octanol–water partition coefficient (Wildman–Crippen LogP) is 3.45. The number of carbonyl (C=O) groups is 1. The van der Waals surface area contributed by atoms with Crippen molar-refractivity contribution in [3.05, 3.63) is 66.0 Å². The molecule has 4 rings (SSSR count). The Kier molecular flexibility index (Phi) is 5.39. The first-order valence-electron chi connectivity index (χ1n) is 9.64. The molecule has 1 aliphatic heterocycles. The van der Waals surface area contributed by atoms with E-state index in [1.54, 1.807) is 36.5 Å². The van der Waals surface area contributed by atoms with Gasteiger partial charge in [-0.2, -0.15) is 0 Å². The number of hydrogen-bond acceptors (Lipinski definition) is 7. The van der Waals surface area contributed by atoms with Crippen molar-refractivity contribution >= 4 is 17.4 Å². The van der Waals surface area contributed by atoms with Crippen LogP contribution in [0.4, 0.5) is 11.6 Å². The number of carbonyl (C=O) groups excluding carboxylic acids is 1. The van der Waals surface area contributed by atoms with Crippen molar-refractivity contribution in [2.24, 2.45) is 0 Å². The van der Waals surface area contributed by atoms with Gasteiger partial charge in [0, 0.05) is 37.1 Å². The number of hydrogen-bond donors (Lipinski definition) is 3. The van der Waals surface area contributed by atoms with Crippen LogP contribution in [0.5, 0.6) is 5.75 Å². The lowest BCUT2D eigenvalue weighted by Crippen LogP contribution is -2.29. The van der Waals surface area contributed by atoms with Gasteiger partial charge in [0.1, 0.15) is 23.1 Å². The second kappa shape index (κ2) is 8.28. The average molecular weight is 398 g/mol. The molecular weight excluding hydrogens is 366 g/mol. The smallest absolute Gasteiger partial charge is 0.215 e. The molecular formula is C22H31N5O2. The fourth-order valence-electron chi connectivity index (χ4n) is 3.44. The van der Waals surface area contributed by atoms with Gasteiger partial charge in [-0.05, 0) is 48.9 Å². The molecule has 0 atom stereocenters. The lowest BCUT2D eigenvalue weighted by atomic mass is 10.0. The van der Waals surface area contributed by atoms with Crippen LogP contribution in [0.1, 0.15) is 28.2 Å². The average Bonchev–Trinajstić information content (AvgIpc) is 3.03. The molecule has 7 heteroatoms. The summed E-state index contributed by atoms with van der Waals surface area (Å²) in [5.74, 6) is 0.820. The molecule has 0 unspecified atom stereocenters. The Labute approximate surface area is 175 Å². The lowest BCUT2D eigenvalue weighted by Gasteiger charge is -2.21. The third-order valence-electron chi connectivity index (χ3n) is 4.97. The van der Waals surface area contributed by atoms with E-state index >= 15 is 0 Å². The summed E-state index contributed by atoms with van der Waals surface area (Å²) in [5.41, 5.74) is 8.10. The number of nitrogens with two attached hydrogens (primary N) is 1. The van der Waals surface area contributed by atoms with Crippen molar-refractivity contribution in [1.82, 2.24) is 15.3 Å². The molecule has 3 heterocycles. The molecule has 7 nitrogen and oxygen atoms in total. The molecule has 0 spiro atoms. The molecule has 1 aliphatic rings. The number of nitrogen functional groups attached to an aromatic ring is 1. The van der Waals surface area contributed by atoms with E-state index in [0.717, 1.165) is 44.0 Å². The molecule has 1 saturated heterocycles. The van der Waals surface area contributed by atoms with Crippen molar-refractivity contribution in [1.29, 1.82) is 0 Å².